The Morgan fingerprint density at radius 3 is 2.76 bits per heavy atom. The van der Waals surface area contributed by atoms with Crippen molar-refractivity contribution in [2.45, 2.75) is 44.6 Å². The molecule has 0 spiro atoms. The molecule has 2 atom stereocenters. The molecular weight excluding hydrogens is 338 g/mol. The minimum atomic E-state index is -0.167. The number of benzene rings is 1. The van der Waals surface area contributed by atoms with E-state index in [1.165, 1.54) is 6.42 Å². The SMILES string of the molecule is O=C(NCCCC1CCCCC1O)c1ccc(-c2n[nH]c(=S)o2)cc1. The van der Waals surface area contributed by atoms with Gasteiger partial charge in [-0.15, -0.1) is 5.10 Å². The van der Waals surface area contributed by atoms with E-state index in [1.54, 1.807) is 24.3 Å². The third-order valence-corrected chi connectivity index (χ3v) is 4.91. The van der Waals surface area contributed by atoms with Gasteiger partial charge in [0.25, 0.3) is 10.7 Å². The minimum absolute atomic E-state index is 0.0985. The monoisotopic (exact) mass is 361 g/mol. The summed E-state index contributed by atoms with van der Waals surface area (Å²) in [7, 11) is 0. The maximum absolute atomic E-state index is 12.2. The molecule has 0 aliphatic heterocycles. The van der Waals surface area contributed by atoms with E-state index in [-0.39, 0.29) is 16.8 Å². The van der Waals surface area contributed by atoms with Gasteiger partial charge in [-0.25, -0.2) is 5.10 Å². The fourth-order valence-electron chi connectivity index (χ4n) is 3.31. The first-order chi connectivity index (χ1) is 12.1. The lowest BCUT2D eigenvalue weighted by Gasteiger charge is -2.27. The molecule has 1 aliphatic rings. The van der Waals surface area contributed by atoms with Crippen LogP contribution >= 0.6 is 12.2 Å². The number of aromatic nitrogens is 2. The largest absolute Gasteiger partial charge is 0.409 e. The second-order valence-electron chi connectivity index (χ2n) is 6.51. The molecule has 1 aromatic carbocycles. The number of nitrogens with zero attached hydrogens (tertiary/aromatic N) is 1. The van der Waals surface area contributed by atoms with E-state index in [1.807, 2.05) is 0 Å². The number of amides is 1. The smallest absolute Gasteiger partial charge is 0.284 e. The van der Waals surface area contributed by atoms with Crippen molar-refractivity contribution in [1.82, 2.24) is 15.5 Å². The molecule has 3 rings (SSSR count). The molecule has 1 amide bonds. The number of aromatic amines is 1. The van der Waals surface area contributed by atoms with Crippen LogP contribution in [0.25, 0.3) is 11.5 Å². The average Bonchev–Trinajstić information content (AvgIpc) is 3.06. The third-order valence-electron chi connectivity index (χ3n) is 4.74. The second-order valence-corrected chi connectivity index (χ2v) is 6.88. The van der Waals surface area contributed by atoms with Crippen molar-refractivity contribution in [3.63, 3.8) is 0 Å². The summed E-state index contributed by atoms with van der Waals surface area (Å²) < 4.78 is 5.24. The Hall–Kier alpha value is -1.99. The first kappa shape index (κ1) is 17.8. The molecule has 0 radical (unpaired) electrons. The van der Waals surface area contributed by atoms with Crippen molar-refractivity contribution in [2.24, 2.45) is 5.92 Å². The van der Waals surface area contributed by atoms with E-state index in [2.05, 4.69) is 15.5 Å². The molecule has 1 fully saturated rings. The maximum Gasteiger partial charge on any atom is 0.284 e. The molecule has 1 aromatic heterocycles. The van der Waals surface area contributed by atoms with E-state index < -0.39 is 0 Å². The first-order valence-corrected chi connectivity index (χ1v) is 9.16. The summed E-state index contributed by atoms with van der Waals surface area (Å²) in [6.45, 7) is 0.623. The van der Waals surface area contributed by atoms with Crippen LogP contribution in [0.15, 0.2) is 28.7 Å². The zero-order chi connectivity index (χ0) is 17.6. The van der Waals surface area contributed by atoms with E-state index in [9.17, 15) is 9.90 Å². The zero-order valence-electron chi connectivity index (χ0n) is 14.0. The Balaban J connectivity index is 1.46. The normalized spacial score (nSPS) is 20.4. The van der Waals surface area contributed by atoms with Gasteiger partial charge in [-0.2, -0.15) is 0 Å². The summed E-state index contributed by atoms with van der Waals surface area (Å²) in [6, 6.07) is 7.04. The van der Waals surface area contributed by atoms with Crippen molar-refractivity contribution < 1.29 is 14.3 Å². The predicted octanol–water partition coefficient (Wildman–Crippen LogP) is 3.46. The number of H-pyrrole nitrogens is 1. The van der Waals surface area contributed by atoms with Crippen LogP contribution in [-0.4, -0.2) is 33.9 Å². The van der Waals surface area contributed by atoms with E-state index in [0.29, 0.717) is 23.9 Å². The fourth-order valence-corrected chi connectivity index (χ4v) is 3.44. The lowest BCUT2D eigenvalue weighted by molar-refractivity contribution is 0.0641. The van der Waals surface area contributed by atoms with Crippen LogP contribution < -0.4 is 5.32 Å². The van der Waals surface area contributed by atoms with Crippen molar-refractivity contribution in [3.8, 4) is 11.5 Å². The molecule has 7 heteroatoms. The van der Waals surface area contributed by atoms with Gasteiger partial charge in [-0.3, -0.25) is 4.79 Å². The standard InChI is InChI=1S/C18H23N3O3S/c22-15-6-2-1-4-12(15)5-3-11-19-16(23)13-7-9-14(10-8-13)17-20-21-18(25)24-17/h7-10,12,15,22H,1-6,11H2,(H,19,23)(H,21,25). The highest BCUT2D eigenvalue weighted by molar-refractivity contribution is 7.71. The number of hydrogen-bond acceptors (Lipinski definition) is 5. The number of nitrogens with one attached hydrogen (secondary N) is 2. The van der Waals surface area contributed by atoms with E-state index in [0.717, 1.165) is 37.7 Å². The van der Waals surface area contributed by atoms with Crippen molar-refractivity contribution in [2.75, 3.05) is 6.54 Å². The molecule has 1 aliphatic carbocycles. The molecule has 2 aromatic rings. The number of aliphatic hydroxyl groups excluding tert-OH is 1. The first-order valence-electron chi connectivity index (χ1n) is 8.75. The maximum atomic E-state index is 12.2. The number of hydrogen-bond donors (Lipinski definition) is 3. The van der Waals surface area contributed by atoms with Crippen LogP contribution in [0.4, 0.5) is 0 Å². The van der Waals surface area contributed by atoms with Gasteiger partial charge in [0.1, 0.15) is 0 Å². The lowest BCUT2D eigenvalue weighted by atomic mass is 9.83. The number of carbonyl (C=O) groups is 1. The quantitative estimate of drug-likeness (QED) is 0.541. The van der Waals surface area contributed by atoms with Gasteiger partial charge in [0, 0.05) is 17.7 Å². The molecule has 2 unspecified atom stereocenters. The highest BCUT2D eigenvalue weighted by atomic mass is 32.1. The minimum Gasteiger partial charge on any atom is -0.409 e. The zero-order valence-corrected chi connectivity index (χ0v) is 14.8. The Labute approximate surface area is 151 Å². The van der Waals surface area contributed by atoms with Crippen LogP contribution in [-0.2, 0) is 0 Å². The highest BCUT2D eigenvalue weighted by Crippen LogP contribution is 2.27. The van der Waals surface area contributed by atoms with Crippen molar-refractivity contribution in [3.05, 3.63) is 34.7 Å². The summed E-state index contributed by atoms with van der Waals surface area (Å²) in [5, 5.41) is 19.4. The summed E-state index contributed by atoms with van der Waals surface area (Å²) in [5.74, 6) is 0.693. The molecule has 1 heterocycles. The van der Waals surface area contributed by atoms with E-state index in [4.69, 9.17) is 16.6 Å². The van der Waals surface area contributed by atoms with Crippen LogP contribution in [0.5, 0.6) is 0 Å². The van der Waals surface area contributed by atoms with Crippen LogP contribution in [0.1, 0.15) is 48.9 Å². The van der Waals surface area contributed by atoms with Crippen LogP contribution in [0.2, 0.25) is 0 Å². The van der Waals surface area contributed by atoms with Crippen molar-refractivity contribution in [1.29, 1.82) is 0 Å². The number of rotatable bonds is 6. The van der Waals surface area contributed by atoms with Gasteiger partial charge in [-0.1, -0.05) is 12.8 Å². The Morgan fingerprint density at radius 2 is 2.08 bits per heavy atom. The number of aliphatic hydroxyl groups is 1. The van der Waals surface area contributed by atoms with Gasteiger partial charge in [0.15, 0.2) is 0 Å². The second kappa shape index (κ2) is 8.40. The fraction of sp³-hybridized carbons (Fsp3) is 0.500. The summed E-state index contributed by atoms with van der Waals surface area (Å²) in [4.78, 5) is 12.4. The molecule has 0 bridgehead atoms. The van der Waals surface area contributed by atoms with Gasteiger partial charge in [0.2, 0.25) is 5.89 Å². The lowest BCUT2D eigenvalue weighted by Crippen LogP contribution is -2.27. The van der Waals surface area contributed by atoms with Crippen LogP contribution in [0, 0.1) is 10.8 Å². The summed E-state index contributed by atoms with van der Waals surface area (Å²) in [6.07, 6.45) is 6.03. The molecule has 134 valence electrons. The van der Waals surface area contributed by atoms with Crippen molar-refractivity contribution >= 4 is 18.1 Å². The van der Waals surface area contributed by atoms with Gasteiger partial charge in [0.05, 0.1) is 6.10 Å². The molecule has 1 saturated carbocycles. The summed E-state index contributed by atoms with van der Waals surface area (Å²) >= 11 is 4.85. The van der Waals surface area contributed by atoms with Gasteiger partial charge >= 0.3 is 0 Å². The Morgan fingerprint density at radius 1 is 1.32 bits per heavy atom. The van der Waals surface area contributed by atoms with Crippen LogP contribution in [0.3, 0.4) is 0 Å². The Bertz CT molecular complexity index is 753. The highest BCUT2D eigenvalue weighted by Gasteiger charge is 2.22. The molecule has 25 heavy (non-hydrogen) atoms. The summed E-state index contributed by atoms with van der Waals surface area (Å²) in [5.41, 5.74) is 1.35. The predicted molar refractivity (Wildman–Crippen MR) is 96.7 cm³/mol. The van der Waals surface area contributed by atoms with Gasteiger partial charge in [-0.05, 0) is 68.1 Å². The average molecular weight is 361 g/mol. The molecular formula is C18H23N3O3S. The molecule has 3 N–H and O–H groups in total. The molecule has 6 nitrogen and oxygen atoms in total. The number of carbonyl (C=O) groups excluding carboxylic acids is 1. The van der Waals surface area contributed by atoms with E-state index >= 15 is 0 Å². The third kappa shape index (κ3) is 4.76. The molecule has 0 saturated heterocycles. The Kier molecular flexibility index (Phi) is 5.99. The van der Waals surface area contributed by atoms with Gasteiger partial charge < -0.3 is 14.8 Å². The topological polar surface area (TPSA) is 91.1 Å².